The molecule has 0 spiro atoms. The highest BCUT2D eigenvalue weighted by Gasteiger charge is 2.26. The zero-order valence-corrected chi connectivity index (χ0v) is 24.3. The smallest absolute Gasteiger partial charge is 0.309 e. The van der Waals surface area contributed by atoms with Gasteiger partial charge in [0.1, 0.15) is 11.5 Å². The quantitative estimate of drug-likeness (QED) is 0.0642. The van der Waals surface area contributed by atoms with E-state index in [1.54, 1.807) is 12.1 Å². The normalized spacial score (nSPS) is 12.1. The summed E-state index contributed by atoms with van der Waals surface area (Å²) in [5, 5.41) is 1.09. The summed E-state index contributed by atoms with van der Waals surface area (Å²) in [4.78, 5) is 25.2. The Bertz CT molecular complexity index is 1140. The number of anilines is 1. The van der Waals surface area contributed by atoms with Crippen LogP contribution < -0.4 is 14.2 Å². The van der Waals surface area contributed by atoms with Gasteiger partial charge in [-0.15, -0.1) is 11.6 Å². The summed E-state index contributed by atoms with van der Waals surface area (Å²) in [5.41, 5.74) is 0.318. The molecule has 0 fully saturated rings. The van der Waals surface area contributed by atoms with E-state index < -0.39 is 27.2 Å². The molecule has 0 saturated carbocycles. The SMILES string of the molecule is CCCCCCCCCCCCS(=O)(=O)Oc1ccc(Cl)c(NC(=O)C(Cl)C(=O)c2ccc(OC)cc2)c1. The molecule has 1 unspecified atom stereocenters. The van der Waals surface area contributed by atoms with E-state index in [1.807, 2.05) is 0 Å². The molecule has 2 rings (SSSR count). The number of hydrogen-bond donors (Lipinski definition) is 1. The molecule has 38 heavy (non-hydrogen) atoms. The topological polar surface area (TPSA) is 98.8 Å². The maximum Gasteiger partial charge on any atom is 0.309 e. The lowest BCUT2D eigenvalue weighted by molar-refractivity contribution is -0.115. The number of halogens is 2. The van der Waals surface area contributed by atoms with Gasteiger partial charge in [-0.25, -0.2) is 0 Å². The van der Waals surface area contributed by atoms with E-state index in [9.17, 15) is 18.0 Å². The number of alkyl halides is 1. The molecule has 10 heteroatoms. The van der Waals surface area contributed by atoms with Crippen molar-refractivity contribution in [2.24, 2.45) is 0 Å². The van der Waals surface area contributed by atoms with E-state index in [4.69, 9.17) is 32.1 Å². The third-order valence-electron chi connectivity index (χ3n) is 6.00. The van der Waals surface area contributed by atoms with Gasteiger partial charge in [0.05, 0.1) is 23.6 Å². The van der Waals surface area contributed by atoms with E-state index >= 15 is 0 Å². The second-order valence-electron chi connectivity index (χ2n) is 9.11. The number of ketones is 1. The van der Waals surface area contributed by atoms with E-state index in [-0.39, 0.29) is 27.8 Å². The van der Waals surface area contributed by atoms with Crippen LogP contribution >= 0.6 is 23.2 Å². The molecule has 2 aromatic carbocycles. The summed E-state index contributed by atoms with van der Waals surface area (Å²) in [7, 11) is -2.32. The number of rotatable bonds is 18. The van der Waals surface area contributed by atoms with Crippen molar-refractivity contribution in [2.45, 2.75) is 76.5 Å². The van der Waals surface area contributed by atoms with Crippen LogP contribution in [-0.2, 0) is 14.9 Å². The fourth-order valence-corrected chi connectivity index (χ4v) is 5.21. The third kappa shape index (κ3) is 11.2. The molecule has 0 aliphatic heterocycles. The van der Waals surface area contributed by atoms with Crippen LogP contribution in [0.3, 0.4) is 0 Å². The van der Waals surface area contributed by atoms with E-state index in [0.29, 0.717) is 12.2 Å². The summed E-state index contributed by atoms with van der Waals surface area (Å²) < 4.78 is 35.1. The lowest BCUT2D eigenvalue weighted by atomic mass is 10.1. The molecule has 2 aromatic rings. The van der Waals surface area contributed by atoms with Crippen molar-refractivity contribution < 1.29 is 26.9 Å². The Morgan fingerprint density at radius 3 is 2.00 bits per heavy atom. The predicted octanol–water partition coefficient (Wildman–Crippen LogP) is 7.41. The van der Waals surface area contributed by atoms with Gasteiger partial charge in [-0.3, -0.25) is 9.59 Å². The van der Waals surface area contributed by atoms with Crippen molar-refractivity contribution in [3.8, 4) is 11.5 Å². The molecular formula is C28H37Cl2NO6S. The van der Waals surface area contributed by atoms with Gasteiger partial charge in [0.15, 0.2) is 11.2 Å². The van der Waals surface area contributed by atoms with Gasteiger partial charge in [-0.1, -0.05) is 76.3 Å². The molecule has 1 amide bonds. The molecule has 0 saturated heterocycles. The molecule has 0 radical (unpaired) electrons. The molecule has 0 aliphatic rings. The minimum atomic E-state index is -3.82. The van der Waals surface area contributed by atoms with Crippen molar-refractivity contribution in [1.29, 1.82) is 0 Å². The first-order valence-corrected chi connectivity index (χ1v) is 15.4. The minimum Gasteiger partial charge on any atom is -0.497 e. The van der Waals surface area contributed by atoms with Gasteiger partial charge in [0.25, 0.3) is 0 Å². The summed E-state index contributed by atoms with van der Waals surface area (Å²) in [6.07, 6.45) is 10.9. The van der Waals surface area contributed by atoms with Crippen LogP contribution in [0.5, 0.6) is 11.5 Å². The molecule has 1 N–H and O–H groups in total. The number of Topliss-reactive ketones (excluding diaryl/α,β-unsaturated/α-hetero) is 1. The van der Waals surface area contributed by atoms with Crippen LogP contribution in [-0.4, -0.2) is 38.3 Å². The van der Waals surface area contributed by atoms with Crippen LogP contribution in [0.4, 0.5) is 5.69 Å². The van der Waals surface area contributed by atoms with Crippen molar-refractivity contribution in [3.05, 3.63) is 53.1 Å². The molecule has 0 heterocycles. The van der Waals surface area contributed by atoms with Crippen LogP contribution in [0.15, 0.2) is 42.5 Å². The number of benzene rings is 2. The predicted molar refractivity (Wildman–Crippen MR) is 153 cm³/mol. The molecule has 7 nitrogen and oxygen atoms in total. The number of methoxy groups -OCH3 is 1. The van der Waals surface area contributed by atoms with Gasteiger partial charge >= 0.3 is 10.1 Å². The zero-order valence-electron chi connectivity index (χ0n) is 22.0. The first kappa shape index (κ1) is 31.9. The highest BCUT2D eigenvalue weighted by Crippen LogP contribution is 2.28. The summed E-state index contributed by atoms with van der Waals surface area (Å²) in [5.74, 6) is -0.948. The number of unbranched alkanes of at least 4 members (excludes halogenated alkanes) is 9. The highest BCUT2D eigenvalue weighted by molar-refractivity contribution is 7.87. The van der Waals surface area contributed by atoms with Gasteiger partial charge in [-0.05, 0) is 42.8 Å². The van der Waals surface area contributed by atoms with Crippen LogP contribution in [0, 0.1) is 0 Å². The number of carbonyl (C=O) groups excluding carboxylic acids is 2. The number of ether oxygens (including phenoxy) is 1. The number of nitrogens with one attached hydrogen (secondary N) is 1. The molecular weight excluding hydrogens is 549 g/mol. The Kier molecular flexibility index (Phi) is 14.0. The fraction of sp³-hybridized carbons (Fsp3) is 0.500. The highest BCUT2D eigenvalue weighted by atomic mass is 35.5. The third-order valence-corrected chi connectivity index (χ3v) is 7.96. The zero-order chi connectivity index (χ0) is 28.0. The molecule has 0 aromatic heterocycles. The monoisotopic (exact) mass is 585 g/mol. The second kappa shape index (κ2) is 16.6. The van der Waals surface area contributed by atoms with Crippen molar-refractivity contribution in [2.75, 3.05) is 18.2 Å². The largest absolute Gasteiger partial charge is 0.497 e. The van der Waals surface area contributed by atoms with Gasteiger partial charge in [-0.2, -0.15) is 8.42 Å². The van der Waals surface area contributed by atoms with Gasteiger partial charge in [0, 0.05) is 11.6 Å². The van der Waals surface area contributed by atoms with Crippen LogP contribution in [0.1, 0.15) is 81.5 Å². The van der Waals surface area contributed by atoms with Crippen LogP contribution in [0.2, 0.25) is 5.02 Å². The molecule has 210 valence electrons. The summed E-state index contributed by atoms with van der Waals surface area (Å²) in [6, 6.07) is 10.3. The van der Waals surface area contributed by atoms with Crippen molar-refractivity contribution in [1.82, 2.24) is 0 Å². The first-order chi connectivity index (χ1) is 18.2. The van der Waals surface area contributed by atoms with Gasteiger partial charge in [0.2, 0.25) is 5.91 Å². The lowest BCUT2D eigenvalue weighted by Gasteiger charge is -2.13. The Hall–Kier alpha value is -2.29. The average molecular weight is 587 g/mol. The lowest BCUT2D eigenvalue weighted by Crippen LogP contribution is -2.30. The van der Waals surface area contributed by atoms with E-state index in [0.717, 1.165) is 19.3 Å². The minimum absolute atomic E-state index is 0.00406. The van der Waals surface area contributed by atoms with Crippen molar-refractivity contribution >= 4 is 50.7 Å². The maximum absolute atomic E-state index is 12.6. The van der Waals surface area contributed by atoms with E-state index in [2.05, 4.69) is 12.2 Å². The number of hydrogen-bond acceptors (Lipinski definition) is 6. The first-order valence-electron chi connectivity index (χ1n) is 13.0. The number of carbonyl (C=O) groups is 2. The standard InChI is InChI=1S/C28H37Cl2NO6S/c1-3-4-5-6-7-8-9-10-11-12-19-38(34,35)37-23-17-18-24(29)25(20-23)31-28(33)26(30)27(32)21-13-15-22(36-2)16-14-21/h13-18,20,26H,3-12,19H2,1-2H3,(H,31,33). The Labute approximate surface area is 236 Å². The molecule has 0 aliphatic carbocycles. The molecule has 0 bridgehead atoms. The fourth-order valence-electron chi connectivity index (χ4n) is 3.82. The summed E-state index contributed by atoms with van der Waals surface area (Å²) >= 11 is 12.3. The number of amides is 1. The summed E-state index contributed by atoms with van der Waals surface area (Å²) in [6.45, 7) is 2.20. The second-order valence-corrected chi connectivity index (χ2v) is 11.6. The van der Waals surface area contributed by atoms with Gasteiger partial charge < -0.3 is 14.2 Å². The van der Waals surface area contributed by atoms with Crippen LogP contribution in [0.25, 0.3) is 0 Å². The molecule has 1 atom stereocenters. The maximum atomic E-state index is 12.6. The average Bonchev–Trinajstić information content (AvgIpc) is 2.90. The Balaban J connectivity index is 1.84. The van der Waals surface area contributed by atoms with Crippen molar-refractivity contribution in [3.63, 3.8) is 0 Å². The Morgan fingerprint density at radius 2 is 1.42 bits per heavy atom. The van der Waals surface area contributed by atoms with E-state index in [1.165, 1.54) is 76.0 Å². The Morgan fingerprint density at radius 1 is 0.868 bits per heavy atom.